The Morgan fingerprint density at radius 2 is 2.18 bits per heavy atom. The first kappa shape index (κ1) is 12.6. The Labute approximate surface area is 108 Å². The third-order valence-electron chi connectivity index (χ3n) is 3.41. The zero-order valence-corrected chi connectivity index (χ0v) is 11.2. The first-order valence-corrected chi connectivity index (χ1v) is 6.59. The van der Waals surface area contributed by atoms with Gasteiger partial charge in [0.15, 0.2) is 0 Å². The van der Waals surface area contributed by atoms with Gasteiger partial charge >= 0.3 is 0 Å². The number of aromatic nitrogens is 2. The lowest BCUT2D eigenvalue weighted by Gasteiger charge is -2.26. The quantitative estimate of drug-likeness (QED) is 0.823. The summed E-state index contributed by atoms with van der Waals surface area (Å²) in [7, 11) is 0. The lowest BCUT2D eigenvalue weighted by molar-refractivity contribution is 0.232. The van der Waals surface area contributed by atoms with Crippen LogP contribution in [0.2, 0.25) is 5.15 Å². The van der Waals surface area contributed by atoms with E-state index in [1.807, 2.05) is 0 Å². The highest BCUT2D eigenvalue weighted by atomic mass is 35.5. The third-order valence-corrected chi connectivity index (χ3v) is 3.59. The maximum Gasteiger partial charge on any atom is 0.149 e. The standard InChI is InChI=1S/C12H19ClN4/c1-3-16(4-2)10-5-6-17(9-10)12-8-14-7-11(13)15-12/h7-8,10H,3-6,9H2,1-2H3. The van der Waals surface area contributed by atoms with Gasteiger partial charge in [0.1, 0.15) is 11.0 Å². The van der Waals surface area contributed by atoms with Crippen LogP contribution in [0.3, 0.4) is 0 Å². The van der Waals surface area contributed by atoms with Crippen LogP contribution in [0.5, 0.6) is 0 Å². The van der Waals surface area contributed by atoms with E-state index in [0.717, 1.165) is 32.0 Å². The van der Waals surface area contributed by atoms with Crippen molar-refractivity contribution in [1.82, 2.24) is 14.9 Å². The molecule has 4 nitrogen and oxygen atoms in total. The van der Waals surface area contributed by atoms with Crippen LogP contribution in [0.1, 0.15) is 20.3 Å². The van der Waals surface area contributed by atoms with Crippen molar-refractivity contribution >= 4 is 17.4 Å². The molecule has 0 bridgehead atoms. The zero-order chi connectivity index (χ0) is 12.3. The van der Waals surface area contributed by atoms with Crippen LogP contribution in [-0.4, -0.2) is 47.1 Å². The van der Waals surface area contributed by atoms with E-state index in [1.54, 1.807) is 12.4 Å². The van der Waals surface area contributed by atoms with Crippen molar-refractivity contribution < 1.29 is 0 Å². The van der Waals surface area contributed by atoms with E-state index in [9.17, 15) is 0 Å². The summed E-state index contributed by atoms with van der Waals surface area (Å²) in [6.07, 6.45) is 4.55. The topological polar surface area (TPSA) is 32.3 Å². The van der Waals surface area contributed by atoms with Gasteiger partial charge in [-0.3, -0.25) is 9.88 Å². The molecule has 94 valence electrons. The lowest BCUT2D eigenvalue weighted by Crippen LogP contribution is -2.37. The molecule has 17 heavy (non-hydrogen) atoms. The molecule has 1 aliphatic rings. The molecule has 0 amide bonds. The molecule has 1 aromatic heterocycles. The summed E-state index contributed by atoms with van der Waals surface area (Å²) in [6, 6.07) is 0.630. The van der Waals surface area contributed by atoms with Gasteiger partial charge in [0.2, 0.25) is 0 Å². The van der Waals surface area contributed by atoms with Gasteiger partial charge in [0.05, 0.1) is 12.4 Å². The molecule has 1 aromatic rings. The van der Waals surface area contributed by atoms with Crippen LogP contribution < -0.4 is 4.90 Å². The van der Waals surface area contributed by atoms with Gasteiger partial charge in [-0.1, -0.05) is 25.4 Å². The minimum Gasteiger partial charge on any atom is -0.354 e. The molecule has 0 aromatic carbocycles. The summed E-state index contributed by atoms with van der Waals surface area (Å²) >= 11 is 5.87. The molecule has 2 rings (SSSR count). The van der Waals surface area contributed by atoms with Crippen molar-refractivity contribution in [1.29, 1.82) is 0 Å². The highest BCUT2D eigenvalue weighted by Crippen LogP contribution is 2.21. The van der Waals surface area contributed by atoms with E-state index >= 15 is 0 Å². The molecule has 0 radical (unpaired) electrons. The number of anilines is 1. The monoisotopic (exact) mass is 254 g/mol. The van der Waals surface area contributed by atoms with Gasteiger partial charge in [-0.2, -0.15) is 0 Å². The van der Waals surface area contributed by atoms with Gasteiger partial charge in [-0.15, -0.1) is 0 Å². The molecule has 1 unspecified atom stereocenters. The number of halogens is 1. The first-order valence-electron chi connectivity index (χ1n) is 6.21. The second-order valence-corrected chi connectivity index (χ2v) is 4.70. The van der Waals surface area contributed by atoms with Crippen molar-refractivity contribution in [3.63, 3.8) is 0 Å². The van der Waals surface area contributed by atoms with E-state index < -0.39 is 0 Å². The van der Waals surface area contributed by atoms with Crippen LogP contribution in [0.15, 0.2) is 12.4 Å². The molecule has 0 spiro atoms. The van der Waals surface area contributed by atoms with E-state index in [1.165, 1.54) is 6.42 Å². The number of likely N-dealkylation sites (N-methyl/N-ethyl adjacent to an activating group) is 1. The SMILES string of the molecule is CCN(CC)C1CCN(c2cncc(Cl)n2)C1. The molecule has 0 saturated carbocycles. The smallest absolute Gasteiger partial charge is 0.149 e. The molecule has 1 aliphatic heterocycles. The van der Waals surface area contributed by atoms with Crippen LogP contribution in [0.4, 0.5) is 5.82 Å². The third kappa shape index (κ3) is 2.87. The molecule has 0 aliphatic carbocycles. The molecule has 0 N–H and O–H groups in total. The summed E-state index contributed by atoms with van der Waals surface area (Å²) in [5, 5.41) is 0.466. The van der Waals surface area contributed by atoms with Gasteiger partial charge in [0, 0.05) is 19.1 Å². The zero-order valence-electron chi connectivity index (χ0n) is 10.4. The molecular weight excluding hydrogens is 236 g/mol. The Morgan fingerprint density at radius 1 is 1.41 bits per heavy atom. The second-order valence-electron chi connectivity index (χ2n) is 4.31. The van der Waals surface area contributed by atoms with Crippen LogP contribution in [0.25, 0.3) is 0 Å². The Morgan fingerprint density at radius 3 is 2.82 bits per heavy atom. The number of hydrogen-bond donors (Lipinski definition) is 0. The summed E-state index contributed by atoms with van der Waals surface area (Å²) < 4.78 is 0. The average Bonchev–Trinajstić information content (AvgIpc) is 2.80. The number of nitrogens with zero attached hydrogens (tertiary/aromatic N) is 4. The fourth-order valence-electron chi connectivity index (χ4n) is 2.47. The van der Waals surface area contributed by atoms with E-state index in [-0.39, 0.29) is 0 Å². The Balaban J connectivity index is 2.02. The predicted molar refractivity (Wildman–Crippen MR) is 70.6 cm³/mol. The van der Waals surface area contributed by atoms with Gasteiger partial charge < -0.3 is 4.90 Å². The van der Waals surface area contributed by atoms with Crippen LogP contribution in [0, 0.1) is 0 Å². The number of rotatable bonds is 4. The van der Waals surface area contributed by atoms with Crippen molar-refractivity contribution in [3.05, 3.63) is 17.5 Å². The highest BCUT2D eigenvalue weighted by molar-refractivity contribution is 6.29. The maximum absolute atomic E-state index is 5.87. The molecule has 1 saturated heterocycles. The van der Waals surface area contributed by atoms with E-state index in [0.29, 0.717) is 11.2 Å². The van der Waals surface area contributed by atoms with Crippen molar-refractivity contribution in [2.24, 2.45) is 0 Å². The van der Waals surface area contributed by atoms with Crippen LogP contribution in [-0.2, 0) is 0 Å². The Bertz CT molecular complexity index is 367. The summed E-state index contributed by atoms with van der Waals surface area (Å²) in [5.74, 6) is 0.896. The average molecular weight is 255 g/mol. The fourth-order valence-corrected chi connectivity index (χ4v) is 2.62. The molecule has 2 heterocycles. The summed E-state index contributed by atoms with van der Waals surface area (Å²) in [6.45, 7) is 8.70. The molecule has 1 atom stereocenters. The van der Waals surface area contributed by atoms with Crippen LogP contribution >= 0.6 is 11.6 Å². The van der Waals surface area contributed by atoms with E-state index in [2.05, 4.69) is 33.6 Å². The van der Waals surface area contributed by atoms with Gasteiger partial charge in [0.25, 0.3) is 0 Å². The maximum atomic E-state index is 5.87. The Hall–Kier alpha value is -0.870. The fraction of sp³-hybridized carbons (Fsp3) is 0.667. The lowest BCUT2D eigenvalue weighted by atomic mass is 10.2. The minimum atomic E-state index is 0.466. The first-order chi connectivity index (χ1) is 8.24. The predicted octanol–water partition coefficient (Wildman–Crippen LogP) is 2.05. The van der Waals surface area contributed by atoms with Gasteiger partial charge in [-0.05, 0) is 19.5 Å². The normalized spacial score (nSPS) is 20.2. The van der Waals surface area contributed by atoms with Crippen molar-refractivity contribution in [2.75, 3.05) is 31.1 Å². The molecular formula is C12H19ClN4. The minimum absolute atomic E-state index is 0.466. The number of hydrogen-bond acceptors (Lipinski definition) is 4. The highest BCUT2D eigenvalue weighted by Gasteiger charge is 2.27. The molecule has 5 heteroatoms. The second kappa shape index (κ2) is 5.65. The molecule has 1 fully saturated rings. The summed E-state index contributed by atoms with van der Waals surface area (Å²) in [4.78, 5) is 13.2. The summed E-state index contributed by atoms with van der Waals surface area (Å²) in [5.41, 5.74) is 0. The van der Waals surface area contributed by atoms with Crippen molar-refractivity contribution in [3.8, 4) is 0 Å². The van der Waals surface area contributed by atoms with Crippen molar-refractivity contribution in [2.45, 2.75) is 26.3 Å². The van der Waals surface area contributed by atoms with Gasteiger partial charge in [-0.25, -0.2) is 4.98 Å². The largest absolute Gasteiger partial charge is 0.354 e. The Kier molecular flexibility index (Phi) is 4.18. The van der Waals surface area contributed by atoms with E-state index in [4.69, 9.17) is 11.6 Å².